The van der Waals surface area contributed by atoms with Crippen molar-refractivity contribution in [3.8, 4) is 0 Å². The third-order valence-electron chi connectivity index (χ3n) is 2.59. The molecule has 2 unspecified atom stereocenters. The SMILES string of the molecule is CC(NC(=O)c1cccs1)C(=O)NC(C)c1nn[nH]n1. The molecule has 0 saturated carbocycles. The molecule has 8 nitrogen and oxygen atoms in total. The minimum atomic E-state index is -0.654. The standard InChI is InChI=1S/C11H14N6O2S/c1-6(9-14-16-17-15-9)12-10(18)7(2)13-11(19)8-4-3-5-20-8/h3-7H,1-2H3,(H,12,18)(H,13,19)(H,14,15,16,17). The number of hydrogen-bond acceptors (Lipinski definition) is 6. The fraction of sp³-hybridized carbons (Fsp3) is 0.364. The van der Waals surface area contributed by atoms with Gasteiger partial charge in [-0.05, 0) is 25.3 Å². The first-order valence-corrected chi connectivity index (χ1v) is 6.84. The van der Waals surface area contributed by atoms with Gasteiger partial charge in [0.15, 0.2) is 5.82 Å². The Hall–Kier alpha value is -2.29. The van der Waals surface area contributed by atoms with Crippen molar-refractivity contribution in [2.75, 3.05) is 0 Å². The highest BCUT2D eigenvalue weighted by atomic mass is 32.1. The van der Waals surface area contributed by atoms with Gasteiger partial charge in [-0.25, -0.2) is 0 Å². The molecule has 2 rings (SSSR count). The molecule has 0 saturated heterocycles. The second kappa shape index (κ2) is 6.24. The quantitative estimate of drug-likeness (QED) is 0.732. The van der Waals surface area contributed by atoms with Crippen LogP contribution in [0.2, 0.25) is 0 Å². The summed E-state index contributed by atoms with van der Waals surface area (Å²) in [6, 6.07) is 2.44. The third-order valence-corrected chi connectivity index (χ3v) is 3.46. The van der Waals surface area contributed by atoms with Gasteiger partial charge < -0.3 is 10.6 Å². The van der Waals surface area contributed by atoms with Crippen LogP contribution in [-0.2, 0) is 4.79 Å². The van der Waals surface area contributed by atoms with Gasteiger partial charge in [0.1, 0.15) is 6.04 Å². The lowest BCUT2D eigenvalue weighted by Gasteiger charge is -2.16. The van der Waals surface area contributed by atoms with E-state index in [9.17, 15) is 9.59 Å². The molecule has 0 radical (unpaired) electrons. The zero-order valence-corrected chi connectivity index (χ0v) is 11.8. The summed E-state index contributed by atoms with van der Waals surface area (Å²) in [7, 11) is 0. The lowest BCUT2D eigenvalue weighted by atomic mass is 10.2. The summed E-state index contributed by atoms with van der Waals surface area (Å²) in [6.07, 6.45) is 0. The summed E-state index contributed by atoms with van der Waals surface area (Å²) < 4.78 is 0. The number of nitrogens with one attached hydrogen (secondary N) is 3. The molecule has 2 aromatic heterocycles. The van der Waals surface area contributed by atoms with Gasteiger partial charge in [-0.3, -0.25) is 9.59 Å². The molecule has 3 N–H and O–H groups in total. The predicted molar refractivity (Wildman–Crippen MR) is 72.0 cm³/mol. The van der Waals surface area contributed by atoms with Crippen molar-refractivity contribution in [3.63, 3.8) is 0 Å². The van der Waals surface area contributed by atoms with Gasteiger partial charge in [0.25, 0.3) is 5.91 Å². The lowest BCUT2D eigenvalue weighted by molar-refractivity contribution is -0.123. The first-order chi connectivity index (χ1) is 9.58. The molecule has 0 fully saturated rings. The number of thiophene rings is 1. The normalized spacial score (nSPS) is 13.5. The second-order valence-corrected chi connectivity index (χ2v) is 5.12. The molecule has 0 bridgehead atoms. The van der Waals surface area contributed by atoms with Crippen LogP contribution in [0.5, 0.6) is 0 Å². The van der Waals surface area contributed by atoms with Gasteiger partial charge >= 0.3 is 0 Å². The Balaban J connectivity index is 1.87. The Bertz CT molecular complexity index is 568. The summed E-state index contributed by atoms with van der Waals surface area (Å²) in [5.74, 6) is -0.197. The smallest absolute Gasteiger partial charge is 0.261 e. The maximum atomic E-state index is 11.9. The number of carbonyl (C=O) groups is 2. The molecule has 2 atom stereocenters. The van der Waals surface area contributed by atoms with E-state index in [1.165, 1.54) is 11.3 Å². The van der Waals surface area contributed by atoms with Crippen LogP contribution in [0.25, 0.3) is 0 Å². The van der Waals surface area contributed by atoms with Crippen molar-refractivity contribution in [1.29, 1.82) is 0 Å². The van der Waals surface area contributed by atoms with E-state index in [-0.39, 0.29) is 17.9 Å². The molecule has 0 aliphatic heterocycles. The molecular formula is C11H14N6O2S. The van der Waals surface area contributed by atoms with Gasteiger partial charge in [0.05, 0.1) is 10.9 Å². The summed E-state index contributed by atoms with van der Waals surface area (Å²) in [4.78, 5) is 24.3. The number of hydrogen-bond donors (Lipinski definition) is 3. The van der Waals surface area contributed by atoms with Crippen LogP contribution in [0, 0.1) is 0 Å². The summed E-state index contributed by atoms with van der Waals surface area (Å²) in [6.45, 7) is 3.35. The summed E-state index contributed by atoms with van der Waals surface area (Å²) >= 11 is 1.32. The fourth-order valence-electron chi connectivity index (χ4n) is 1.50. The molecular weight excluding hydrogens is 280 g/mol. The average Bonchev–Trinajstić information content (AvgIpc) is 3.11. The number of amides is 2. The van der Waals surface area contributed by atoms with Crippen molar-refractivity contribution in [2.24, 2.45) is 0 Å². The van der Waals surface area contributed by atoms with Gasteiger partial charge in [-0.15, -0.1) is 21.5 Å². The molecule has 0 aliphatic carbocycles. The van der Waals surface area contributed by atoms with Crippen LogP contribution in [0.3, 0.4) is 0 Å². The number of aromatic nitrogens is 4. The monoisotopic (exact) mass is 294 g/mol. The Labute approximate surface area is 119 Å². The van der Waals surface area contributed by atoms with Gasteiger partial charge in [0.2, 0.25) is 5.91 Å². The average molecular weight is 294 g/mol. The second-order valence-electron chi connectivity index (χ2n) is 4.17. The van der Waals surface area contributed by atoms with Gasteiger partial charge in [-0.1, -0.05) is 11.3 Å². The first kappa shape index (κ1) is 14.1. The maximum absolute atomic E-state index is 11.9. The topological polar surface area (TPSA) is 113 Å². The number of nitrogens with zero attached hydrogens (tertiary/aromatic N) is 3. The lowest BCUT2D eigenvalue weighted by Crippen LogP contribution is -2.45. The molecule has 9 heteroatoms. The van der Waals surface area contributed by atoms with E-state index in [0.29, 0.717) is 10.7 Å². The van der Waals surface area contributed by atoms with E-state index in [2.05, 4.69) is 31.3 Å². The minimum Gasteiger partial charge on any atom is -0.344 e. The van der Waals surface area contributed by atoms with E-state index in [1.807, 2.05) is 0 Å². The van der Waals surface area contributed by atoms with Gasteiger partial charge in [-0.2, -0.15) is 5.21 Å². The molecule has 106 valence electrons. The van der Waals surface area contributed by atoms with Crippen LogP contribution < -0.4 is 10.6 Å². The Morgan fingerprint density at radius 3 is 2.75 bits per heavy atom. The summed E-state index contributed by atoms with van der Waals surface area (Å²) in [5.41, 5.74) is 0. The Morgan fingerprint density at radius 2 is 2.15 bits per heavy atom. The Kier molecular flexibility index (Phi) is 4.41. The van der Waals surface area contributed by atoms with Crippen LogP contribution in [0.1, 0.15) is 35.4 Å². The number of aromatic amines is 1. The van der Waals surface area contributed by atoms with Crippen molar-refractivity contribution in [1.82, 2.24) is 31.3 Å². The minimum absolute atomic E-state index is 0.269. The van der Waals surface area contributed by atoms with Crippen LogP contribution in [0.15, 0.2) is 17.5 Å². The van der Waals surface area contributed by atoms with Crippen molar-refractivity contribution < 1.29 is 9.59 Å². The molecule has 20 heavy (non-hydrogen) atoms. The van der Waals surface area contributed by atoms with Crippen molar-refractivity contribution in [3.05, 3.63) is 28.2 Å². The molecule has 2 heterocycles. The highest BCUT2D eigenvalue weighted by Crippen LogP contribution is 2.08. The number of tetrazole rings is 1. The zero-order chi connectivity index (χ0) is 14.5. The Morgan fingerprint density at radius 1 is 1.35 bits per heavy atom. The van der Waals surface area contributed by atoms with E-state index >= 15 is 0 Å². The highest BCUT2D eigenvalue weighted by molar-refractivity contribution is 7.12. The third kappa shape index (κ3) is 3.38. The largest absolute Gasteiger partial charge is 0.344 e. The molecule has 2 aromatic rings. The van der Waals surface area contributed by atoms with Gasteiger partial charge in [0, 0.05) is 0 Å². The van der Waals surface area contributed by atoms with Crippen molar-refractivity contribution in [2.45, 2.75) is 25.9 Å². The number of carbonyl (C=O) groups excluding carboxylic acids is 2. The van der Waals surface area contributed by atoms with E-state index in [4.69, 9.17) is 0 Å². The van der Waals surface area contributed by atoms with E-state index in [0.717, 1.165) is 0 Å². The fourth-order valence-corrected chi connectivity index (χ4v) is 2.12. The predicted octanol–water partition coefficient (Wildman–Crippen LogP) is 0.257. The molecule has 0 spiro atoms. The highest BCUT2D eigenvalue weighted by Gasteiger charge is 2.20. The van der Waals surface area contributed by atoms with Crippen molar-refractivity contribution >= 4 is 23.2 Å². The summed E-state index contributed by atoms with van der Waals surface area (Å²) in [5, 5.41) is 20.4. The molecule has 2 amide bonds. The molecule has 0 aliphatic rings. The van der Waals surface area contributed by atoms with E-state index in [1.54, 1.807) is 31.4 Å². The van der Waals surface area contributed by atoms with Crippen LogP contribution in [-0.4, -0.2) is 38.5 Å². The molecule has 0 aromatic carbocycles. The zero-order valence-electron chi connectivity index (χ0n) is 11.0. The van der Waals surface area contributed by atoms with Crippen LogP contribution in [0.4, 0.5) is 0 Å². The number of H-pyrrole nitrogens is 1. The number of rotatable bonds is 5. The van der Waals surface area contributed by atoms with E-state index < -0.39 is 6.04 Å². The maximum Gasteiger partial charge on any atom is 0.261 e. The first-order valence-electron chi connectivity index (χ1n) is 5.96. The van der Waals surface area contributed by atoms with Crippen LogP contribution >= 0.6 is 11.3 Å².